The average Bonchev–Trinajstić information content (AvgIpc) is 2.53. The van der Waals surface area contributed by atoms with Crippen molar-refractivity contribution in [3.05, 3.63) is 47.8 Å². The first kappa shape index (κ1) is 17.1. The van der Waals surface area contributed by atoms with Crippen molar-refractivity contribution in [2.24, 2.45) is 0 Å². The molecule has 0 aromatic heterocycles. The zero-order valence-electron chi connectivity index (χ0n) is 13.9. The highest BCUT2D eigenvalue weighted by Gasteiger charge is 2.54. The van der Waals surface area contributed by atoms with Crippen LogP contribution in [0.25, 0.3) is 0 Å². The third-order valence-electron chi connectivity index (χ3n) is 4.72. The number of halogens is 1. The molecule has 0 spiro atoms. The fourth-order valence-electron chi connectivity index (χ4n) is 3.53. The zero-order chi connectivity index (χ0) is 16.2. The van der Waals surface area contributed by atoms with Gasteiger partial charge in [-0.15, -0.1) is 0 Å². The molecule has 2 rings (SSSR count). The molecule has 0 amide bonds. The van der Waals surface area contributed by atoms with Crippen molar-refractivity contribution >= 4 is 0 Å². The highest BCUT2D eigenvalue weighted by molar-refractivity contribution is 5.35. The first-order valence-corrected chi connectivity index (χ1v) is 7.69. The number of ether oxygens (including phenoxy) is 2. The van der Waals surface area contributed by atoms with Gasteiger partial charge >= 0.3 is 0 Å². The molecule has 0 saturated heterocycles. The van der Waals surface area contributed by atoms with Crippen LogP contribution in [0.15, 0.2) is 36.4 Å². The van der Waals surface area contributed by atoms with Gasteiger partial charge in [0.15, 0.2) is 5.79 Å². The van der Waals surface area contributed by atoms with Crippen LogP contribution in [0.5, 0.6) is 0 Å². The smallest absolute Gasteiger partial charge is 0.197 e. The Morgan fingerprint density at radius 2 is 1.86 bits per heavy atom. The van der Waals surface area contributed by atoms with Gasteiger partial charge < -0.3 is 14.4 Å². The summed E-state index contributed by atoms with van der Waals surface area (Å²) in [5.41, 5.74) is 0.130. The SMILES string of the molecule is COC1(OC)C=CCCC1(CCN(C)C)c1ccccc1F. The second-order valence-corrected chi connectivity index (χ2v) is 6.13. The Bertz CT molecular complexity index is 526. The lowest BCUT2D eigenvalue weighted by Crippen LogP contribution is -2.56. The van der Waals surface area contributed by atoms with Crippen molar-refractivity contribution in [1.82, 2.24) is 4.90 Å². The second-order valence-electron chi connectivity index (χ2n) is 6.13. The molecule has 0 fully saturated rings. The fraction of sp³-hybridized carbons (Fsp3) is 0.556. The van der Waals surface area contributed by atoms with Gasteiger partial charge in [0.2, 0.25) is 0 Å². The van der Waals surface area contributed by atoms with Gasteiger partial charge in [0.1, 0.15) is 5.82 Å². The van der Waals surface area contributed by atoms with E-state index in [1.165, 1.54) is 6.07 Å². The third kappa shape index (κ3) is 2.83. The van der Waals surface area contributed by atoms with Gasteiger partial charge in [-0.3, -0.25) is 0 Å². The van der Waals surface area contributed by atoms with Crippen molar-refractivity contribution in [2.75, 3.05) is 34.9 Å². The summed E-state index contributed by atoms with van der Waals surface area (Å²) in [6.45, 7) is 0.830. The molecule has 1 aromatic rings. The van der Waals surface area contributed by atoms with E-state index in [1.807, 2.05) is 32.3 Å². The van der Waals surface area contributed by atoms with Crippen LogP contribution in [0.4, 0.5) is 4.39 Å². The zero-order valence-corrected chi connectivity index (χ0v) is 13.9. The molecular weight excluding hydrogens is 281 g/mol. The van der Waals surface area contributed by atoms with E-state index in [-0.39, 0.29) is 5.82 Å². The molecule has 1 atom stereocenters. The predicted molar refractivity (Wildman–Crippen MR) is 86.4 cm³/mol. The molecule has 0 N–H and O–H groups in total. The van der Waals surface area contributed by atoms with E-state index in [0.717, 1.165) is 25.8 Å². The Morgan fingerprint density at radius 3 is 2.45 bits per heavy atom. The highest BCUT2D eigenvalue weighted by Crippen LogP contribution is 2.49. The lowest BCUT2D eigenvalue weighted by molar-refractivity contribution is -0.224. The van der Waals surface area contributed by atoms with Gasteiger partial charge in [-0.2, -0.15) is 0 Å². The van der Waals surface area contributed by atoms with Crippen molar-refractivity contribution in [3.8, 4) is 0 Å². The number of methoxy groups -OCH3 is 2. The summed E-state index contributed by atoms with van der Waals surface area (Å²) in [6.07, 6.45) is 6.43. The fourth-order valence-corrected chi connectivity index (χ4v) is 3.53. The largest absolute Gasteiger partial charge is 0.349 e. The molecule has 1 unspecified atom stereocenters. The van der Waals surface area contributed by atoms with Crippen LogP contribution in [0.1, 0.15) is 24.8 Å². The van der Waals surface area contributed by atoms with E-state index < -0.39 is 11.2 Å². The van der Waals surface area contributed by atoms with Crippen molar-refractivity contribution in [2.45, 2.75) is 30.5 Å². The summed E-state index contributed by atoms with van der Waals surface area (Å²) in [6, 6.07) is 6.97. The van der Waals surface area contributed by atoms with Gasteiger partial charge in [-0.25, -0.2) is 4.39 Å². The first-order chi connectivity index (χ1) is 10.5. The monoisotopic (exact) mass is 307 g/mol. The van der Waals surface area contributed by atoms with Gasteiger partial charge in [-0.1, -0.05) is 24.3 Å². The van der Waals surface area contributed by atoms with Gasteiger partial charge in [0.05, 0.1) is 5.41 Å². The minimum absolute atomic E-state index is 0.199. The van der Waals surface area contributed by atoms with E-state index in [2.05, 4.69) is 11.0 Å². The number of benzene rings is 1. The summed E-state index contributed by atoms with van der Waals surface area (Å²) >= 11 is 0. The normalized spacial score (nSPS) is 23.9. The van der Waals surface area contributed by atoms with E-state index in [9.17, 15) is 4.39 Å². The van der Waals surface area contributed by atoms with Crippen molar-refractivity contribution < 1.29 is 13.9 Å². The lowest BCUT2D eigenvalue weighted by atomic mass is 9.65. The van der Waals surface area contributed by atoms with Gasteiger partial charge in [-0.05, 0) is 57.6 Å². The topological polar surface area (TPSA) is 21.7 Å². The van der Waals surface area contributed by atoms with E-state index in [4.69, 9.17) is 9.47 Å². The molecular formula is C18H26FNO2. The predicted octanol–water partition coefficient (Wildman–Crippen LogP) is 3.35. The number of hydrogen-bond acceptors (Lipinski definition) is 3. The molecule has 0 aliphatic heterocycles. The molecule has 0 radical (unpaired) electrons. The molecule has 1 aromatic carbocycles. The van der Waals surface area contributed by atoms with E-state index in [1.54, 1.807) is 20.3 Å². The molecule has 1 aliphatic carbocycles. The van der Waals surface area contributed by atoms with Gasteiger partial charge in [0, 0.05) is 14.2 Å². The number of rotatable bonds is 6. The molecule has 4 heteroatoms. The Morgan fingerprint density at radius 1 is 1.18 bits per heavy atom. The Balaban J connectivity index is 2.59. The maximum Gasteiger partial charge on any atom is 0.197 e. The van der Waals surface area contributed by atoms with Crippen LogP contribution in [0.3, 0.4) is 0 Å². The van der Waals surface area contributed by atoms with Crippen LogP contribution in [0, 0.1) is 5.82 Å². The van der Waals surface area contributed by atoms with Crippen LogP contribution in [0.2, 0.25) is 0 Å². The standard InChI is InChI=1S/C18H26FNO2/c1-20(2)14-13-17(15-9-5-6-10-16(15)19)11-7-8-12-18(17,21-3)22-4/h5-6,8-10,12H,7,11,13-14H2,1-4H3. The highest BCUT2D eigenvalue weighted by atomic mass is 19.1. The van der Waals surface area contributed by atoms with Crippen molar-refractivity contribution in [1.29, 1.82) is 0 Å². The Hall–Kier alpha value is -1.23. The maximum atomic E-state index is 14.6. The Kier molecular flexibility index (Phi) is 5.37. The summed E-state index contributed by atoms with van der Waals surface area (Å²) in [7, 11) is 7.30. The number of nitrogens with zero attached hydrogens (tertiary/aromatic N) is 1. The maximum absolute atomic E-state index is 14.6. The minimum atomic E-state index is -0.941. The van der Waals surface area contributed by atoms with Crippen molar-refractivity contribution in [3.63, 3.8) is 0 Å². The quantitative estimate of drug-likeness (QED) is 0.594. The summed E-state index contributed by atoms with van der Waals surface area (Å²) < 4.78 is 26.2. The first-order valence-electron chi connectivity index (χ1n) is 7.69. The molecule has 1 aliphatic rings. The van der Waals surface area contributed by atoms with Crippen LogP contribution in [-0.4, -0.2) is 45.5 Å². The molecule has 0 saturated carbocycles. The number of allylic oxidation sites excluding steroid dienone is 1. The van der Waals surface area contributed by atoms with E-state index in [0.29, 0.717) is 5.56 Å². The summed E-state index contributed by atoms with van der Waals surface area (Å²) in [5.74, 6) is -1.14. The molecule has 0 heterocycles. The molecule has 22 heavy (non-hydrogen) atoms. The molecule has 0 bridgehead atoms. The van der Waals surface area contributed by atoms with Gasteiger partial charge in [0.25, 0.3) is 0 Å². The average molecular weight is 307 g/mol. The van der Waals surface area contributed by atoms with Crippen LogP contribution in [-0.2, 0) is 14.9 Å². The summed E-state index contributed by atoms with van der Waals surface area (Å²) in [5, 5.41) is 0. The lowest BCUT2D eigenvalue weighted by Gasteiger charge is -2.50. The molecule has 3 nitrogen and oxygen atoms in total. The van der Waals surface area contributed by atoms with Crippen LogP contribution >= 0.6 is 0 Å². The Labute approximate surface area is 132 Å². The van der Waals surface area contributed by atoms with Crippen LogP contribution < -0.4 is 0 Å². The third-order valence-corrected chi connectivity index (χ3v) is 4.72. The van der Waals surface area contributed by atoms with E-state index >= 15 is 0 Å². The second kappa shape index (κ2) is 6.90. The minimum Gasteiger partial charge on any atom is -0.349 e. The summed E-state index contributed by atoms with van der Waals surface area (Å²) in [4.78, 5) is 2.11. The molecule has 122 valence electrons. The number of hydrogen-bond donors (Lipinski definition) is 0.